The SMILES string of the molecule is Cc1ccnc(OCCn2ccnc2)n1. The van der Waals surface area contributed by atoms with Gasteiger partial charge in [-0.1, -0.05) is 0 Å². The first kappa shape index (κ1) is 9.64. The van der Waals surface area contributed by atoms with Crippen molar-refractivity contribution in [2.75, 3.05) is 6.61 Å². The molecule has 0 aromatic carbocycles. The highest BCUT2D eigenvalue weighted by Gasteiger charge is 1.97. The number of nitrogens with zero attached hydrogens (tertiary/aromatic N) is 4. The van der Waals surface area contributed by atoms with Gasteiger partial charge in [0.1, 0.15) is 6.61 Å². The van der Waals surface area contributed by atoms with Crippen LogP contribution in [-0.2, 0) is 6.54 Å². The summed E-state index contributed by atoms with van der Waals surface area (Å²) in [6.45, 7) is 3.20. The highest BCUT2D eigenvalue weighted by Crippen LogP contribution is 2.01. The Balaban J connectivity index is 1.83. The van der Waals surface area contributed by atoms with Gasteiger partial charge in [0.15, 0.2) is 0 Å². The normalized spacial score (nSPS) is 10.2. The molecule has 2 heterocycles. The molecule has 5 nitrogen and oxygen atoms in total. The maximum atomic E-state index is 5.39. The van der Waals surface area contributed by atoms with E-state index in [2.05, 4.69) is 15.0 Å². The molecule has 0 aliphatic heterocycles. The Kier molecular flexibility index (Phi) is 2.92. The van der Waals surface area contributed by atoms with Crippen LogP contribution in [0, 0.1) is 6.92 Å². The summed E-state index contributed by atoms with van der Waals surface area (Å²) < 4.78 is 7.33. The summed E-state index contributed by atoms with van der Waals surface area (Å²) in [5, 5.41) is 0. The molecule has 0 aliphatic carbocycles. The minimum absolute atomic E-state index is 0.426. The minimum Gasteiger partial charge on any atom is -0.462 e. The largest absolute Gasteiger partial charge is 0.462 e. The van der Waals surface area contributed by atoms with Crippen molar-refractivity contribution in [2.24, 2.45) is 0 Å². The second-order valence-corrected chi connectivity index (χ2v) is 3.13. The number of aryl methyl sites for hydroxylation is 1. The maximum absolute atomic E-state index is 5.39. The summed E-state index contributed by atoms with van der Waals surface area (Å²) in [6.07, 6.45) is 7.07. The van der Waals surface area contributed by atoms with Crippen molar-refractivity contribution < 1.29 is 4.74 Å². The van der Waals surface area contributed by atoms with E-state index >= 15 is 0 Å². The fourth-order valence-electron chi connectivity index (χ4n) is 1.16. The molecule has 78 valence electrons. The van der Waals surface area contributed by atoms with Crippen molar-refractivity contribution in [1.82, 2.24) is 19.5 Å². The van der Waals surface area contributed by atoms with Gasteiger partial charge in [-0.25, -0.2) is 15.0 Å². The Bertz CT molecular complexity index is 413. The summed E-state index contributed by atoms with van der Waals surface area (Å²) in [5.74, 6) is 0. The van der Waals surface area contributed by atoms with Crippen LogP contribution < -0.4 is 4.74 Å². The summed E-state index contributed by atoms with van der Waals surface area (Å²) in [4.78, 5) is 12.1. The zero-order valence-corrected chi connectivity index (χ0v) is 8.50. The Hall–Kier alpha value is -1.91. The predicted molar refractivity (Wildman–Crippen MR) is 54.5 cm³/mol. The zero-order chi connectivity index (χ0) is 10.5. The van der Waals surface area contributed by atoms with E-state index in [0.717, 1.165) is 12.2 Å². The Morgan fingerprint density at radius 2 is 2.33 bits per heavy atom. The van der Waals surface area contributed by atoms with E-state index in [-0.39, 0.29) is 0 Å². The van der Waals surface area contributed by atoms with Crippen LogP contribution in [0.5, 0.6) is 6.01 Å². The van der Waals surface area contributed by atoms with Crippen molar-refractivity contribution in [1.29, 1.82) is 0 Å². The second-order valence-electron chi connectivity index (χ2n) is 3.13. The highest BCUT2D eigenvalue weighted by molar-refractivity contribution is 5.02. The van der Waals surface area contributed by atoms with Crippen molar-refractivity contribution in [3.05, 3.63) is 36.7 Å². The third kappa shape index (κ3) is 2.77. The first-order chi connectivity index (χ1) is 7.34. The van der Waals surface area contributed by atoms with Crippen LogP contribution in [-0.4, -0.2) is 26.1 Å². The van der Waals surface area contributed by atoms with E-state index in [9.17, 15) is 0 Å². The van der Waals surface area contributed by atoms with Gasteiger partial charge in [0.25, 0.3) is 0 Å². The van der Waals surface area contributed by atoms with Gasteiger partial charge in [0.2, 0.25) is 0 Å². The molecule has 5 heteroatoms. The number of hydrogen-bond donors (Lipinski definition) is 0. The number of hydrogen-bond acceptors (Lipinski definition) is 4. The van der Waals surface area contributed by atoms with Crippen LogP contribution in [0.1, 0.15) is 5.69 Å². The van der Waals surface area contributed by atoms with Crippen LogP contribution in [0.2, 0.25) is 0 Å². The summed E-state index contributed by atoms with van der Waals surface area (Å²) in [6, 6.07) is 2.26. The summed E-state index contributed by atoms with van der Waals surface area (Å²) >= 11 is 0. The third-order valence-corrected chi connectivity index (χ3v) is 1.91. The lowest BCUT2D eigenvalue weighted by atomic mass is 10.5. The quantitative estimate of drug-likeness (QED) is 0.747. The number of imidazole rings is 1. The molecule has 0 atom stereocenters. The van der Waals surface area contributed by atoms with Gasteiger partial charge in [0, 0.05) is 24.3 Å². The average Bonchev–Trinajstić information content (AvgIpc) is 2.71. The monoisotopic (exact) mass is 204 g/mol. The van der Waals surface area contributed by atoms with Crippen molar-refractivity contribution in [2.45, 2.75) is 13.5 Å². The molecule has 0 spiro atoms. The lowest BCUT2D eigenvalue weighted by Gasteiger charge is -2.04. The van der Waals surface area contributed by atoms with Gasteiger partial charge in [0.05, 0.1) is 12.9 Å². The van der Waals surface area contributed by atoms with Gasteiger partial charge in [-0.05, 0) is 13.0 Å². The van der Waals surface area contributed by atoms with Gasteiger partial charge >= 0.3 is 6.01 Å². The molecule has 0 fully saturated rings. The fraction of sp³-hybridized carbons (Fsp3) is 0.300. The fourth-order valence-corrected chi connectivity index (χ4v) is 1.16. The average molecular weight is 204 g/mol. The Morgan fingerprint density at radius 1 is 1.40 bits per heavy atom. The lowest BCUT2D eigenvalue weighted by molar-refractivity contribution is 0.275. The first-order valence-electron chi connectivity index (χ1n) is 4.73. The van der Waals surface area contributed by atoms with E-state index < -0.39 is 0 Å². The van der Waals surface area contributed by atoms with Crippen LogP contribution in [0.4, 0.5) is 0 Å². The van der Waals surface area contributed by atoms with Gasteiger partial charge < -0.3 is 9.30 Å². The minimum atomic E-state index is 0.426. The standard InChI is InChI=1S/C10H12N4O/c1-9-2-3-12-10(13-9)15-7-6-14-5-4-11-8-14/h2-5,8H,6-7H2,1H3. The third-order valence-electron chi connectivity index (χ3n) is 1.91. The van der Waals surface area contributed by atoms with Crippen LogP contribution in [0.3, 0.4) is 0 Å². The summed E-state index contributed by atoms with van der Waals surface area (Å²) in [7, 11) is 0. The van der Waals surface area contributed by atoms with Gasteiger partial charge in [-0.2, -0.15) is 0 Å². The Labute approximate surface area is 87.8 Å². The van der Waals surface area contributed by atoms with E-state index in [0.29, 0.717) is 12.6 Å². The molecule has 2 aromatic heterocycles. The summed E-state index contributed by atoms with van der Waals surface area (Å²) in [5.41, 5.74) is 0.905. The molecule has 0 aliphatic rings. The molecular weight excluding hydrogens is 192 g/mol. The van der Waals surface area contributed by atoms with Crippen LogP contribution in [0.15, 0.2) is 31.0 Å². The molecule has 0 radical (unpaired) electrons. The molecule has 0 saturated heterocycles. The molecule has 0 unspecified atom stereocenters. The lowest BCUT2D eigenvalue weighted by Crippen LogP contribution is -2.08. The van der Waals surface area contributed by atoms with Crippen molar-refractivity contribution >= 4 is 0 Å². The van der Waals surface area contributed by atoms with Crippen molar-refractivity contribution in [3.8, 4) is 6.01 Å². The topological polar surface area (TPSA) is 52.8 Å². The van der Waals surface area contributed by atoms with Gasteiger partial charge in [-0.3, -0.25) is 0 Å². The number of rotatable bonds is 4. The molecule has 2 rings (SSSR count). The molecule has 0 saturated carbocycles. The van der Waals surface area contributed by atoms with Crippen molar-refractivity contribution in [3.63, 3.8) is 0 Å². The predicted octanol–water partition coefficient (Wildman–Crippen LogP) is 1.06. The second kappa shape index (κ2) is 4.54. The number of ether oxygens (including phenoxy) is 1. The van der Waals surface area contributed by atoms with E-state index in [1.165, 1.54) is 0 Å². The van der Waals surface area contributed by atoms with Gasteiger partial charge in [-0.15, -0.1) is 0 Å². The van der Waals surface area contributed by atoms with E-state index in [1.54, 1.807) is 18.7 Å². The van der Waals surface area contributed by atoms with Crippen LogP contribution in [0.25, 0.3) is 0 Å². The number of aromatic nitrogens is 4. The van der Waals surface area contributed by atoms with Crippen LogP contribution >= 0.6 is 0 Å². The molecule has 0 bridgehead atoms. The molecule has 2 aromatic rings. The smallest absolute Gasteiger partial charge is 0.316 e. The highest BCUT2D eigenvalue weighted by atomic mass is 16.5. The molecule has 0 amide bonds. The Morgan fingerprint density at radius 3 is 3.07 bits per heavy atom. The maximum Gasteiger partial charge on any atom is 0.316 e. The molecular formula is C10H12N4O. The van der Waals surface area contributed by atoms with E-state index in [1.807, 2.05) is 23.8 Å². The zero-order valence-electron chi connectivity index (χ0n) is 8.50. The van der Waals surface area contributed by atoms with E-state index in [4.69, 9.17) is 4.74 Å². The molecule has 15 heavy (non-hydrogen) atoms. The first-order valence-corrected chi connectivity index (χ1v) is 4.73. The molecule has 0 N–H and O–H groups in total.